The van der Waals surface area contributed by atoms with Gasteiger partial charge in [0.1, 0.15) is 17.9 Å². The molecule has 1 heterocycles. The van der Waals surface area contributed by atoms with Crippen molar-refractivity contribution in [1.82, 2.24) is 4.90 Å². The SMILES string of the molecule is COc1ccccc1OCCN(C)C(=O)c1c(C)cc(CCC(C)C)oc1=O. The molecule has 0 fully saturated rings. The van der Waals surface area contributed by atoms with Crippen LogP contribution in [0.3, 0.4) is 0 Å². The molecule has 0 saturated heterocycles. The third kappa shape index (κ3) is 5.62. The molecule has 0 saturated carbocycles. The zero-order chi connectivity index (χ0) is 20.7. The van der Waals surface area contributed by atoms with Crippen molar-refractivity contribution in [3.8, 4) is 11.5 Å². The number of aryl methyl sites for hydroxylation is 2. The Kier molecular flexibility index (Phi) is 7.67. The Morgan fingerprint density at radius 3 is 2.50 bits per heavy atom. The predicted molar refractivity (Wildman–Crippen MR) is 108 cm³/mol. The van der Waals surface area contributed by atoms with Crippen molar-refractivity contribution in [3.05, 3.63) is 57.6 Å². The van der Waals surface area contributed by atoms with Crippen molar-refractivity contribution in [2.45, 2.75) is 33.6 Å². The molecule has 1 aromatic carbocycles. The molecule has 1 amide bonds. The van der Waals surface area contributed by atoms with Gasteiger partial charge in [-0.05, 0) is 43.0 Å². The number of para-hydroxylation sites is 2. The maximum Gasteiger partial charge on any atom is 0.349 e. The largest absolute Gasteiger partial charge is 0.493 e. The van der Waals surface area contributed by atoms with Crippen molar-refractivity contribution in [2.75, 3.05) is 27.3 Å². The van der Waals surface area contributed by atoms with Crippen molar-refractivity contribution >= 4 is 5.91 Å². The van der Waals surface area contributed by atoms with Crippen LogP contribution in [0.1, 0.15) is 41.9 Å². The summed E-state index contributed by atoms with van der Waals surface area (Å²) < 4.78 is 16.3. The molecule has 1 aromatic heterocycles. The zero-order valence-electron chi connectivity index (χ0n) is 17.3. The fourth-order valence-electron chi connectivity index (χ4n) is 2.81. The standard InChI is InChI=1S/C22H29NO5/c1-15(2)10-11-17-14-16(3)20(22(25)28-17)21(24)23(4)12-13-27-19-9-7-6-8-18(19)26-5/h6-9,14-15H,10-13H2,1-5H3. The van der Waals surface area contributed by atoms with Crippen LogP contribution in [0.15, 0.2) is 39.5 Å². The van der Waals surface area contributed by atoms with E-state index in [-0.39, 0.29) is 18.1 Å². The quantitative estimate of drug-likeness (QED) is 0.656. The third-order valence-electron chi connectivity index (χ3n) is 4.48. The monoisotopic (exact) mass is 387 g/mol. The Bertz CT molecular complexity index is 856. The van der Waals surface area contributed by atoms with Crippen LogP contribution in [0.4, 0.5) is 0 Å². The maximum atomic E-state index is 12.7. The molecule has 2 rings (SSSR count). The number of likely N-dealkylation sites (N-methyl/N-ethyl adjacent to an activating group) is 1. The molecule has 0 aliphatic carbocycles. The number of amides is 1. The molecule has 6 heteroatoms. The molecule has 0 radical (unpaired) electrons. The average Bonchev–Trinajstić information content (AvgIpc) is 2.66. The summed E-state index contributed by atoms with van der Waals surface area (Å²) in [4.78, 5) is 26.5. The number of benzene rings is 1. The van der Waals surface area contributed by atoms with Crippen LogP contribution >= 0.6 is 0 Å². The van der Waals surface area contributed by atoms with Gasteiger partial charge in [-0.15, -0.1) is 0 Å². The van der Waals surface area contributed by atoms with Gasteiger partial charge in [-0.2, -0.15) is 0 Å². The summed E-state index contributed by atoms with van der Waals surface area (Å²) >= 11 is 0. The topological polar surface area (TPSA) is 69.0 Å². The molecule has 0 unspecified atom stereocenters. The van der Waals surface area contributed by atoms with Crippen LogP contribution in [0, 0.1) is 12.8 Å². The molecule has 0 atom stereocenters. The molecular formula is C22H29NO5. The Morgan fingerprint density at radius 1 is 1.21 bits per heavy atom. The highest BCUT2D eigenvalue weighted by atomic mass is 16.5. The fraction of sp³-hybridized carbons (Fsp3) is 0.455. The smallest absolute Gasteiger partial charge is 0.349 e. The summed E-state index contributed by atoms with van der Waals surface area (Å²) in [6, 6.07) is 9.10. The molecule has 6 nitrogen and oxygen atoms in total. The van der Waals surface area contributed by atoms with Gasteiger partial charge in [0, 0.05) is 13.5 Å². The van der Waals surface area contributed by atoms with Gasteiger partial charge >= 0.3 is 5.63 Å². The first-order valence-corrected chi connectivity index (χ1v) is 9.48. The molecule has 0 spiro atoms. The summed E-state index contributed by atoms with van der Waals surface area (Å²) in [5.74, 6) is 2.00. The van der Waals surface area contributed by atoms with Gasteiger partial charge in [0.05, 0.1) is 13.7 Å². The zero-order valence-corrected chi connectivity index (χ0v) is 17.3. The van der Waals surface area contributed by atoms with Crippen molar-refractivity contribution < 1.29 is 18.7 Å². The van der Waals surface area contributed by atoms with E-state index in [4.69, 9.17) is 13.9 Å². The Labute approximate surface area is 166 Å². The van der Waals surface area contributed by atoms with E-state index in [1.807, 2.05) is 12.1 Å². The highest BCUT2D eigenvalue weighted by Gasteiger charge is 2.20. The van der Waals surface area contributed by atoms with Crippen molar-refractivity contribution in [2.24, 2.45) is 5.92 Å². The number of carbonyl (C=O) groups is 1. The first kappa shape index (κ1) is 21.5. The highest BCUT2D eigenvalue weighted by Crippen LogP contribution is 2.25. The lowest BCUT2D eigenvalue weighted by Gasteiger charge is -2.18. The number of rotatable bonds is 9. The predicted octanol–water partition coefficient (Wildman–Crippen LogP) is 3.70. The van der Waals surface area contributed by atoms with Gasteiger partial charge in [0.2, 0.25) is 0 Å². The normalized spacial score (nSPS) is 10.8. The van der Waals surface area contributed by atoms with Crippen LogP contribution in [0.2, 0.25) is 0 Å². The second kappa shape index (κ2) is 9.97. The van der Waals surface area contributed by atoms with E-state index in [2.05, 4.69) is 13.8 Å². The molecule has 2 aromatic rings. The second-order valence-corrected chi connectivity index (χ2v) is 7.22. The average molecular weight is 387 g/mol. The van der Waals surface area contributed by atoms with E-state index >= 15 is 0 Å². The number of nitrogens with zero attached hydrogens (tertiary/aromatic N) is 1. The Hall–Kier alpha value is -2.76. The van der Waals surface area contributed by atoms with Gasteiger partial charge < -0.3 is 18.8 Å². The summed E-state index contributed by atoms with van der Waals surface area (Å²) in [5, 5.41) is 0. The van der Waals surface area contributed by atoms with E-state index in [0.717, 1.165) is 6.42 Å². The van der Waals surface area contributed by atoms with Gasteiger partial charge in [0.15, 0.2) is 11.5 Å². The van der Waals surface area contributed by atoms with Gasteiger partial charge in [0.25, 0.3) is 5.91 Å². The summed E-state index contributed by atoms with van der Waals surface area (Å²) in [7, 11) is 3.21. The molecule has 28 heavy (non-hydrogen) atoms. The van der Waals surface area contributed by atoms with Crippen LogP contribution in [-0.4, -0.2) is 38.1 Å². The molecule has 0 bridgehead atoms. The third-order valence-corrected chi connectivity index (χ3v) is 4.48. The number of ether oxygens (including phenoxy) is 2. The van der Waals surface area contributed by atoms with E-state index in [9.17, 15) is 9.59 Å². The van der Waals surface area contributed by atoms with E-state index in [1.165, 1.54) is 4.90 Å². The summed E-state index contributed by atoms with van der Waals surface area (Å²) in [5.41, 5.74) is 0.131. The van der Waals surface area contributed by atoms with E-state index in [0.29, 0.717) is 41.7 Å². The second-order valence-electron chi connectivity index (χ2n) is 7.22. The minimum Gasteiger partial charge on any atom is -0.493 e. The van der Waals surface area contributed by atoms with Crippen LogP contribution in [-0.2, 0) is 6.42 Å². The number of methoxy groups -OCH3 is 1. The number of carbonyl (C=O) groups excluding carboxylic acids is 1. The maximum absolute atomic E-state index is 12.7. The van der Waals surface area contributed by atoms with E-state index < -0.39 is 5.63 Å². The van der Waals surface area contributed by atoms with Gasteiger partial charge in [-0.1, -0.05) is 26.0 Å². The molecule has 0 aliphatic heterocycles. The molecule has 0 aliphatic rings. The van der Waals surface area contributed by atoms with Crippen LogP contribution in [0.25, 0.3) is 0 Å². The minimum atomic E-state index is -0.582. The minimum absolute atomic E-state index is 0.0769. The lowest BCUT2D eigenvalue weighted by Crippen LogP contribution is -2.34. The molecule has 152 valence electrons. The number of hydrogen-bond acceptors (Lipinski definition) is 5. The highest BCUT2D eigenvalue weighted by molar-refractivity contribution is 5.94. The lowest BCUT2D eigenvalue weighted by atomic mass is 10.0. The van der Waals surface area contributed by atoms with Gasteiger partial charge in [-0.3, -0.25) is 4.79 Å². The van der Waals surface area contributed by atoms with Crippen molar-refractivity contribution in [3.63, 3.8) is 0 Å². The summed E-state index contributed by atoms with van der Waals surface area (Å²) in [6.45, 7) is 6.60. The first-order chi connectivity index (χ1) is 13.3. The molecular weight excluding hydrogens is 358 g/mol. The van der Waals surface area contributed by atoms with Crippen LogP contribution < -0.4 is 15.1 Å². The summed E-state index contributed by atoms with van der Waals surface area (Å²) in [6.07, 6.45) is 1.61. The number of hydrogen-bond donors (Lipinski definition) is 0. The Balaban J connectivity index is 2.01. The Morgan fingerprint density at radius 2 is 1.89 bits per heavy atom. The van der Waals surface area contributed by atoms with Crippen LogP contribution in [0.5, 0.6) is 11.5 Å². The fourth-order valence-corrected chi connectivity index (χ4v) is 2.81. The molecule has 0 N–H and O–H groups in total. The lowest BCUT2D eigenvalue weighted by molar-refractivity contribution is 0.0767. The van der Waals surface area contributed by atoms with Crippen molar-refractivity contribution in [1.29, 1.82) is 0 Å². The van der Waals surface area contributed by atoms with E-state index in [1.54, 1.807) is 39.3 Å². The first-order valence-electron chi connectivity index (χ1n) is 9.48. The van der Waals surface area contributed by atoms with Gasteiger partial charge in [-0.25, -0.2) is 4.79 Å².